The van der Waals surface area contributed by atoms with E-state index in [0.29, 0.717) is 33.7 Å². The van der Waals surface area contributed by atoms with Gasteiger partial charge in [0.2, 0.25) is 5.43 Å². The number of rotatable bonds is 4. The van der Waals surface area contributed by atoms with Crippen LogP contribution in [0.4, 0.5) is 0 Å². The third kappa shape index (κ3) is 2.84. The van der Waals surface area contributed by atoms with Crippen LogP contribution < -0.4 is 10.2 Å². The molecule has 0 aliphatic rings. The summed E-state index contributed by atoms with van der Waals surface area (Å²) in [5, 5.41) is 1.07. The molecule has 0 radical (unpaired) electrons. The summed E-state index contributed by atoms with van der Waals surface area (Å²) in [6.07, 6.45) is 2.24. The normalized spacial score (nSPS) is 10.9. The van der Waals surface area contributed by atoms with E-state index < -0.39 is 0 Å². The summed E-state index contributed by atoms with van der Waals surface area (Å²) in [6.45, 7) is 4.53. The van der Waals surface area contributed by atoms with E-state index in [9.17, 15) is 4.79 Å². The van der Waals surface area contributed by atoms with Gasteiger partial charge >= 0.3 is 0 Å². The Morgan fingerprint density at radius 1 is 1.13 bits per heavy atom. The van der Waals surface area contributed by atoms with Crippen LogP contribution in [0.2, 0.25) is 5.02 Å². The Morgan fingerprint density at radius 2 is 1.91 bits per heavy atom. The van der Waals surface area contributed by atoms with Gasteiger partial charge in [-0.1, -0.05) is 36.7 Å². The maximum Gasteiger partial charge on any atom is 0.200 e. The van der Waals surface area contributed by atoms with E-state index in [1.165, 1.54) is 6.26 Å². The first-order chi connectivity index (χ1) is 11.2. The number of benzene rings is 2. The lowest BCUT2D eigenvalue weighted by Crippen LogP contribution is -2.06. The lowest BCUT2D eigenvalue weighted by molar-refractivity contribution is 0.336. The molecule has 3 nitrogen and oxygen atoms in total. The predicted molar refractivity (Wildman–Crippen MR) is 93.5 cm³/mol. The van der Waals surface area contributed by atoms with Crippen LogP contribution >= 0.6 is 11.6 Å². The zero-order chi connectivity index (χ0) is 16.4. The van der Waals surface area contributed by atoms with E-state index in [1.807, 2.05) is 38.1 Å². The summed E-state index contributed by atoms with van der Waals surface area (Å²) in [6, 6.07) is 10.9. The van der Waals surface area contributed by atoms with E-state index in [1.54, 1.807) is 12.1 Å². The summed E-state index contributed by atoms with van der Waals surface area (Å²) >= 11 is 6.21. The predicted octanol–water partition coefficient (Wildman–Crippen LogP) is 5.07. The molecule has 0 atom stereocenters. The van der Waals surface area contributed by atoms with Crippen molar-refractivity contribution in [3.05, 3.63) is 63.5 Å². The minimum atomic E-state index is -0.0860. The molecule has 0 fully saturated rings. The van der Waals surface area contributed by atoms with E-state index >= 15 is 0 Å². The monoisotopic (exact) mass is 328 g/mol. The molecule has 0 spiro atoms. The zero-order valence-electron chi connectivity index (χ0n) is 13.1. The average molecular weight is 329 g/mol. The van der Waals surface area contributed by atoms with Gasteiger partial charge in [0.05, 0.1) is 17.6 Å². The molecule has 23 heavy (non-hydrogen) atoms. The molecule has 0 aliphatic carbocycles. The minimum Gasteiger partial charge on any atom is -0.493 e. The minimum absolute atomic E-state index is 0.0860. The maximum atomic E-state index is 12.9. The summed E-state index contributed by atoms with van der Waals surface area (Å²) in [4.78, 5) is 12.9. The Morgan fingerprint density at radius 3 is 2.61 bits per heavy atom. The maximum absolute atomic E-state index is 12.9. The first-order valence-electron chi connectivity index (χ1n) is 7.61. The highest BCUT2D eigenvalue weighted by atomic mass is 35.5. The summed E-state index contributed by atoms with van der Waals surface area (Å²) in [5.41, 5.74) is 2.57. The van der Waals surface area contributed by atoms with E-state index in [4.69, 9.17) is 20.8 Å². The van der Waals surface area contributed by atoms with Crippen LogP contribution in [0.3, 0.4) is 0 Å². The molecule has 4 heteroatoms. The average Bonchev–Trinajstić information content (AvgIpc) is 2.56. The van der Waals surface area contributed by atoms with Crippen molar-refractivity contribution in [3.63, 3.8) is 0 Å². The number of ether oxygens (including phenoxy) is 1. The van der Waals surface area contributed by atoms with Crippen molar-refractivity contribution in [2.24, 2.45) is 0 Å². The van der Waals surface area contributed by atoms with Crippen molar-refractivity contribution < 1.29 is 9.15 Å². The number of fused-ring (bicyclic) bond motifs is 1. The van der Waals surface area contributed by atoms with E-state index in [2.05, 4.69) is 0 Å². The van der Waals surface area contributed by atoms with Crippen LogP contribution in [0.25, 0.3) is 22.1 Å². The van der Waals surface area contributed by atoms with Crippen LogP contribution in [0.1, 0.15) is 19.4 Å². The Bertz CT molecular complexity index is 912. The number of halogens is 1. The van der Waals surface area contributed by atoms with Gasteiger partial charge in [-0.25, -0.2) is 0 Å². The smallest absolute Gasteiger partial charge is 0.200 e. The van der Waals surface area contributed by atoms with Gasteiger partial charge in [0.25, 0.3) is 0 Å². The van der Waals surface area contributed by atoms with Crippen molar-refractivity contribution in [2.75, 3.05) is 6.61 Å². The van der Waals surface area contributed by atoms with Crippen LogP contribution in [0.5, 0.6) is 5.75 Å². The second-order valence-electron chi connectivity index (χ2n) is 5.20. The van der Waals surface area contributed by atoms with E-state index in [0.717, 1.165) is 17.7 Å². The largest absolute Gasteiger partial charge is 0.493 e. The van der Waals surface area contributed by atoms with Gasteiger partial charge in [-0.3, -0.25) is 4.79 Å². The Balaban J connectivity index is 2.25. The molecule has 2 aromatic carbocycles. The molecule has 0 N–H and O–H groups in total. The standard InChI is InChI=1S/C19H17ClO3/c1-3-12-9-14-18(10-17(12)22-4-2)23-11-15(19(14)21)13-7-5-6-8-16(13)20/h5-11H,3-4H2,1-2H3. The molecule has 3 aromatic rings. The van der Waals surface area contributed by atoms with Crippen molar-refractivity contribution in [3.8, 4) is 16.9 Å². The Hall–Kier alpha value is -2.26. The van der Waals surface area contributed by atoms with Gasteiger partial charge in [0, 0.05) is 16.7 Å². The van der Waals surface area contributed by atoms with Crippen LogP contribution in [-0.2, 0) is 6.42 Å². The molecule has 0 saturated carbocycles. The SMILES string of the molecule is CCOc1cc2occ(-c3ccccc3Cl)c(=O)c2cc1CC. The van der Waals surface area contributed by atoms with Gasteiger partial charge in [0.1, 0.15) is 17.6 Å². The second kappa shape index (κ2) is 6.47. The molecule has 118 valence electrons. The van der Waals surface area contributed by atoms with Crippen molar-refractivity contribution in [1.29, 1.82) is 0 Å². The molecular weight excluding hydrogens is 312 g/mol. The zero-order valence-corrected chi connectivity index (χ0v) is 13.8. The highest BCUT2D eigenvalue weighted by Gasteiger charge is 2.14. The third-order valence-corrected chi connectivity index (χ3v) is 4.13. The Labute approximate surface area is 139 Å². The molecule has 0 bridgehead atoms. The molecule has 0 saturated heterocycles. The van der Waals surface area contributed by atoms with Gasteiger partial charge in [0.15, 0.2) is 0 Å². The van der Waals surface area contributed by atoms with Gasteiger partial charge < -0.3 is 9.15 Å². The number of aryl methyl sites for hydroxylation is 1. The molecule has 1 aromatic heterocycles. The summed E-state index contributed by atoms with van der Waals surface area (Å²) in [5.74, 6) is 0.760. The highest BCUT2D eigenvalue weighted by molar-refractivity contribution is 6.33. The lowest BCUT2D eigenvalue weighted by Gasteiger charge is -2.11. The van der Waals surface area contributed by atoms with Crippen LogP contribution in [0, 0.1) is 0 Å². The first-order valence-corrected chi connectivity index (χ1v) is 7.99. The van der Waals surface area contributed by atoms with E-state index in [-0.39, 0.29) is 5.43 Å². The summed E-state index contributed by atoms with van der Waals surface area (Å²) in [7, 11) is 0. The van der Waals surface area contributed by atoms with Crippen molar-refractivity contribution in [1.82, 2.24) is 0 Å². The quantitative estimate of drug-likeness (QED) is 0.671. The van der Waals surface area contributed by atoms with Crippen molar-refractivity contribution >= 4 is 22.6 Å². The molecule has 0 unspecified atom stereocenters. The fourth-order valence-corrected chi connectivity index (χ4v) is 2.87. The molecule has 3 rings (SSSR count). The third-order valence-electron chi connectivity index (χ3n) is 3.80. The number of hydrogen-bond donors (Lipinski definition) is 0. The van der Waals surface area contributed by atoms with Crippen LogP contribution in [0.15, 0.2) is 51.9 Å². The molecule has 0 amide bonds. The second-order valence-corrected chi connectivity index (χ2v) is 5.61. The summed E-state index contributed by atoms with van der Waals surface area (Å²) < 4.78 is 11.3. The topological polar surface area (TPSA) is 39.4 Å². The first kappa shape index (κ1) is 15.6. The molecule has 0 aliphatic heterocycles. The van der Waals surface area contributed by atoms with Gasteiger partial charge in [-0.15, -0.1) is 0 Å². The fourth-order valence-electron chi connectivity index (χ4n) is 2.63. The molecular formula is C19H17ClO3. The Kier molecular flexibility index (Phi) is 4.39. The van der Waals surface area contributed by atoms with Crippen molar-refractivity contribution in [2.45, 2.75) is 20.3 Å². The lowest BCUT2D eigenvalue weighted by atomic mass is 10.0. The van der Waals surface area contributed by atoms with Gasteiger partial charge in [-0.2, -0.15) is 0 Å². The number of hydrogen-bond acceptors (Lipinski definition) is 3. The van der Waals surface area contributed by atoms with Crippen LogP contribution in [-0.4, -0.2) is 6.61 Å². The highest BCUT2D eigenvalue weighted by Crippen LogP contribution is 2.29. The molecule has 1 heterocycles. The fraction of sp³-hybridized carbons (Fsp3) is 0.211. The van der Waals surface area contributed by atoms with Gasteiger partial charge in [-0.05, 0) is 31.0 Å².